The van der Waals surface area contributed by atoms with Gasteiger partial charge in [0.1, 0.15) is 0 Å². The predicted molar refractivity (Wildman–Crippen MR) is 131 cm³/mol. The van der Waals surface area contributed by atoms with E-state index < -0.39 is 12.1 Å². The molecule has 180 valence electrons. The number of aliphatic hydroxyl groups excluding tert-OH is 1. The van der Waals surface area contributed by atoms with Gasteiger partial charge in [0, 0.05) is 11.3 Å². The maximum Gasteiger partial charge on any atom is 0.332 e. The van der Waals surface area contributed by atoms with Crippen LogP contribution in [0.1, 0.15) is 67.2 Å². The molecule has 0 aliphatic heterocycles. The smallest absolute Gasteiger partial charge is 0.332 e. The van der Waals surface area contributed by atoms with E-state index in [-0.39, 0.29) is 18.2 Å². The molecule has 2 aromatic carbocycles. The van der Waals surface area contributed by atoms with Crippen molar-refractivity contribution in [1.82, 2.24) is 4.73 Å². The van der Waals surface area contributed by atoms with Gasteiger partial charge in [0.15, 0.2) is 6.10 Å². The Bertz CT molecular complexity index is 1110. The number of carbonyl (C=O) groups excluding carboxylic acids is 1. The van der Waals surface area contributed by atoms with Gasteiger partial charge in [-0.05, 0) is 42.9 Å². The molecule has 0 spiro atoms. The average molecular weight is 465 g/mol. The van der Waals surface area contributed by atoms with Crippen LogP contribution in [0.5, 0.6) is 0 Å². The molecule has 0 radical (unpaired) electrons. The van der Waals surface area contributed by atoms with Crippen LogP contribution in [-0.4, -0.2) is 38.1 Å². The molecule has 0 aliphatic rings. The minimum atomic E-state index is -1.36. The zero-order chi connectivity index (χ0) is 24.7. The number of carbonyl (C=O) groups is 2. The number of hydrogen-bond acceptors (Lipinski definition) is 4. The normalized spacial score (nSPS) is 12.0. The first-order valence-corrected chi connectivity index (χ1v) is 11.6. The van der Waals surface area contributed by atoms with E-state index in [0.717, 1.165) is 10.3 Å². The molecule has 4 N–H and O–H groups in total. The summed E-state index contributed by atoms with van der Waals surface area (Å²) in [5, 5.41) is 32.4. The molecule has 7 heteroatoms. The lowest BCUT2D eigenvalue weighted by Crippen LogP contribution is -2.18. The number of benzene rings is 2. The van der Waals surface area contributed by atoms with Crippen molar-refractivity contribution in [3.63, 3.8) is 0 Å². The van der Waals surface area contributed by atoms with Gasteiger partial charge in [-0.2, -0.15) is 4.73 Å². The second-order valence-corrected chi connectivity index (χ2v) is 8.69. The Morgan fingerprint density at radius 3 is 2.15 bits per heavy atom. The number of nitrogens with zero attached hydrogens (tertiary/aromatic N) is 1. The largest absolute Gasteiger partial charge is 0.479 e. The van der Waals surface area contributed by atoms with E-state index in [0.29, 0.717) is 53.9 Å². The predicted octanol–water partition coefficient (Wildman–Crippen LogP) is 5.32. The van der Waals surface area contributed by atoms with Crippen molar-refractivity contribution >= 4 is 17.6 Å². The Labute approximate surface area is 199 Å². The zero-order valence-corrected chi connectivity index (χ0v) is 19.6. The molecule has 1 aromatic heterocycles. The second kappa shape index (κ2) is 11.5. The third kappa shape index (κ3) is 5.85. The van der Waals surface area contributed by atoms with Gasteiger partial charge >= 0.3 is 5.97 Å². The van der Waals surface area contributed by atoms with Gasteiger partial charge < -0.3 is 20.7 Å². The van der Waals surface area contributed by atoms with Crippen LogP contribution in [0, 0.1) is 0 Å². The van der Waals surface area contributed by atoms with Gasteiger partial charge in [-0.15, -0.1) is 0 Å². The molecule has 0 bridgehead atoms. The van der Waals surface area contributed by atoms with Crippen molar-refractivity contribution in [3.8, 4) is 11.1 Å². The molecule has 0 saturated carbocycles. The quantitative estimate of drug-likeness (QED) is 0.227. The maximum absolute atomic E-state index is 13.5. The highest BCUT2D eigenvalue weighted by Crippen LogP contribution is 2.37. The Morgan fingerprint density at radius 1 is 0.941 bits per heavy atom. The summed E-state index contributed by atoms with van der Waals surface area (Å²) >= 11 is 0. The fourth-order valence-corrected chi connectivity index (χ4v) is 4.18. The Hall–Kier alpha value is -3.58. The lowest BCUT2D eigenvalue weighted by atomic mass is 9.94. The number of nitrogens with one attached hydrogen (secondary N) is 1. The molecule has 7 nitrogen and oxygen atoms in total. The van der Waals surface area contributed by atoms with Crippen LogP contribution in [0.3, 0.4) is 0 Å². The Morgan fingerprint density at radius 2 is 1.56 bits per heavy atom. The van der Waals surface area contributed by atoms with E-state index in [2.05, 4.69) is 5.32 Å². The topological polar surface area (TPSA) is 112 Å². The maximum atomic E-state index is 13.5. The van der Waals surface area contributed by atoms with Crippen LogP contribution >= 0.6 is 0 Å². The number of aliphatic hydroxyl groups is 1. The molecule has 0 saturated heterocycles. The number of amides is 1. The number of anilines is 1. The fourth-order valence-electron chi connectivity index (χ4n) is 4.18. The first kappa shape index (κ1) is 25.1. The average Bonchev–Trinajstić information content (AvgIpc) is 3.12. The fraction of sp³-hybridized carbons (Fsp3) is 0.333. The third-order valence-electron chi connectivity index (χ3n) is 5.82. The monoisotopic (exact) mass is 464 g/mol. The summed E-state index contributed by atoms with van der Waals surface area (Å²) in [6, 6.07) is 18.8. The Balaban J connectivity index is 1.95. The van der Waals surface area contributed by atoms with Crippen LogP contribution in [-0.2, 0) is 11.2 Å². The van der Waals surface area contributed by atoms with Crippen molar-refractivity contribution < 1.29 is 25.0 Å². The minimum absolute atomic E-state index is 0.108. The van der Waals surface area contributed by atoms with E-state index in [4.69, 9.17) is 5.11 Å². The highest BCUT2D eigenvalue weighted by atomic mass is 16.5. The van der Waals surface area contributed by atoms with E-state index in [9.17, 15) is 19.9 Å². The van der Waals surface area contributed by atoms with Crippen LogP contribution in [0.15, 0.2) is 60.7 Å². The highest BCUT2D eigenvalue weighted by molar-refractivity contribution is 6.10. The second-order valence-electron chi connectivity index (χ2n) is 8.69. The summed E-state index contributed by atoms with van der Waals surface area (Å²) in [6.07, 6.45) is 1.24. The van der Waals surface area contributed by atoms with Gasteiger partial charge in [0.05, 0.1) is 17.0 Å². The molecule has 1 atom stereocenters. The first-order valence-electron chi connectivity index (χ1n) is 11.6. The number of para-hydroxylation sites is 1. The molecule has 1 heterocycles. The standard InChI is InChI=1S/C27H32N2O5/c1-18(2)25-24(26(31)28-20-14-8-4-9-15-20)23(19-12-6-3-7-13-19)21(29(25)34)16-10-5-11-17-22(30)27(32)33/h3-4,6-9,12-15,18,22,30,34H,5,10-11,16-17H2,1-2H3,(H,28,31)(H,32,33). The third-order valence-corrected chi connectivity index (χ3v) is 5.82. The minimum Gasteiger partial charge on any atom is -0.479 e. The molecular weight excluding hydrogens is 432 g/mol. The van der Waals surface area contributed by atoms with Gasteiger partial charge in [0.2, 0.25) is 0 Å². The van der Waals surface area contributed by atoms with Crippen molar-refractivity contribution in [2.24, 2.45) is 0 Å². The molecule has 0 aliphatic carbocycles. The van der Waals surface area contributed by atoms with Crippen molar-refractivity contribution in [2.75, 3.05) is 5.32 Å². The lowest BCUT2D eigenvalue weighted by molar-refractivity contribution is -0.146. The molecular formula is C27H32N2O5. The van der Waals surface area contributed by atoms with E-state index in [1.54, 1.807) is 0 Å². The number of aliphatic carboxylic acids is 1. The molecule has 0 fully saturated rings. The number of carboxylic acid groups (broad SMARTS) is 1. The summed E-state index contributed by atoms with van der Waals surface area (Å²) in [4.78, 5) is 24.3. The molecule has 34 heavy (non-hydrogen) atoms. The van der Waals surface area contributed by atoms with E-state index >= 15 is 0 Å². The van der Waals surface area contributed by atoms with E-state index in [1.165, 1.54) is 0 Å². The van der Waals surface area contributed by atoms with Gasteiger partial charge in [0.25, 0.3) is 5.91 Å². The lowest BCUT2D eigenvalue weighted by Gasteiger charge is -2.12. The SMILES string of the molecule is CC(C)c1c(C(=O)Nc2ccccc2)c(-c2ccccc2)c(CCCCCC(O)C(=O)O)n1O. The Kier molecular flexibility index (Phi) is 8.49. The van der Waals surface area contributed by atoms with Crippen LogP contribution in [0.25, 0.3) is 11.1 Å². The van der Waals surface area contributed by atoms with E-state index in [1.807, 2.05) is 74.5 Å². The summed E-state index contributed by atoms with van der Waals surface area (Å²) in [5.41, 5.74) is 3.85. The molecule has 3 rings (SSSR count). The number of rotatable bonds is 11. The van der Waals surface area contributed by atoms with Gasteiger partial charge in [-0.25, -0.2) is 4.79 Å². The van der Waals surface area contributed by atoms with Crippen molar-refractivity contribution in [2.45, 2.75) is 58.0 Å². The van der Waals surface area contributed by atoms with Gasteiger partial charge in [-0.1, -0.05) is 75.2 Å². The summed E-state index contributed by atoms with van der Waals surface area (Å²) < 4.78 is 1.15. The number of unbranched alkanes of at least 4 members (excludes halogenated alkanes) is 2. The van der Waals surface area contributed by atoms with Crippen molar-refractivity contribution in [1.29, 1.82) is 0 Å². The molecule has 3 aromatic rings. The number of aromatic nitrogens is 1. The molecule has 1 amide bonds. The van der Waals surface area contributed by atoms with Crippen molar-refractivity contribution in [3.05, 3.63) is 77.6 Å². The summed E-state index contributed by atoms with van der Waals surface area (Å²) in [6.45, 7) is 3.88. The first-order chi connectivity index (χ1) is 16.3. The zero-order valence-electron chi connectivity index (χ0n) is 19.6. The highest BCUT2D eigenvalue weighted by Gasteiger charge is 2.29. The summed E-state index contributed by atoms with van der Waals surface area (Å²) in [7, 11) is 0. The van der Waals surface area contributed by atoms with Crippen LogP contribution in [0.4, 0.5) is 5.69 Å². The van der Waals surface area contributed by atoms with Gasteiger partial charge in [-0.3, -0.25) is 4.79 Å². The summed E-state index contributed by atoms with van der Waals surface area (Å²) in [5.74, 6) is -1.61. The number of hydrogen-bond donors (Lipinski definition) is 4. The van der Waals surface area contributed by atoms with Crippen LogP contribution in [0.2, 0.25) is 0 Å². The molecule has 1 unspecified atom stereocenters. The number of carboxylic acids is 1. The van der Waals surface area contributed by atoms with Crippen LogP contribution < -0.4 is 5.32 Å².